The van der Waals surface area contributed by atoms with Crippen LogP contribution in [0.25, 0.3) is 0 Å². The van der Waals surface area contributed by atoms with Crippen LogP contribution in [0.4, 0.5) is 5.69 Å². The summed E-state index contributed by atoms with van der Waals surface area (Å²) in [4.78, 5) is 11.3. The van der Waals surface area contributed by atoms with Gasteiger partial charge in [0.2, 0.25) is 5.91 Å². The van der Waals surface area contributed by atoms with Crippen LogP contribution in [-0.4, -0.2) is 19.0 Å². The monoisotopic (exact) mass is 304 g/mol. The summed E-state index contributed by atoms with van der Waals surface area (Å²) in [6, 6.07) is 7.71. The third-order valence-electron chi connectivity index (χ3n) is 1.68. The summed E-state index contributed by atoms with van der Waals surface area (Å²) in [7, 11) is 0. The fraction of sp³-hybridized carbons (Fsp3) is 0.300. The largest absolute Gasteiger partial charge is 0.324 e. The van der Waals surface area contributed by atoms with Crippen LogP contribution in [0.5, 0.6) is 0 Å². The van der Waals surface area contributed by atoms with Crippen molar-refractivity contribution in [2.45, 2.75) is 6.92 Å². The second-order valence-electron chi connectivity index (χ2n) is 2.81. The number of benzene rings is 1. The Balaban J connectivity index is 2.52. The molecule has 14 heavy (non-hydrogen) atoms. The van der Waals surface area contributed by atoms with E-state index in [4.69, 9.17) is 0 Å². The maximum Gasteiger partial charge on any atom is 0.238 e. The van der Waals surface area contributed by atoms with Crippen molar-refractivity contribution in [3.05, 3.63) is 27.8 Å². The molecular formula is C10H13IN2O. The van der Waals surface area contributed by atoms with Crippen LogP contribution >= 0.6 is 22.6 Å². The van der Waals surface area contributed by atoms with Crippen LogP contribution in [0, 0.1) is 3.57 Å². The molecular weight excluding hydrogens is 291 g/mol. The van der Waals surface area contributed by atoms with Crippen molar-refractivity contribution >= 4 is 34.2 Å². The lowest BCUT2D eigenvalue weighted by molar-refractivity contribution is -0.115. The van der Waals surface area contributed by atoms with Gasteiger partial charge in [-0.3, -0.25) is 4.79 Å². The van der Waals surface area contributed by atoms with Gasteiger partial charge in [-0.2, -0.15) is 0 Å². The molecule has 0 fully saturated rings. The van der Waals surface area contributed by atoms with Gasteiger partial charge in [0.25, 0.3) is 0 Å². The molecule has 0 radical (unpaired) electrons. The molecule has 2 N–H and O–H groups in total. The maximum atomic E-state index is 11.3. The number of carbonyl (C=O) groups is 1. The van der Waals surface area contributed by atoms with Crippen LogP contribution < -0.4 is 10.6 Å². The number of nitrogens with one attached hydrogen (secondary N) is 2. The topological polar surface area (TPSA) is 41.1 Å². The number of likely N-dealkylation sites (N-methyl/N-ethyl adjacent to an activating group) is 1. The van der Waals surface area contributed by atoms with Crippen LogP contribution in [0.15, 0.2) is 24.3 Å². The van der Waals surface area contributed by atoms with Gasteiger partial charge >= 0.3 is 0 Å². The molecule has 1 rings (SSSR count). The first-order chi connectivity index (χ1) is 6.74. The van der Waals surface area contributed by atoms with E-state index in [-0.39, 0.29) is 5.91 Å². The third-order valence-corrected chi connectivity index (χ3v) is 2.62. The average Bonchev–Trinajstić information content (AvgIpc) is 2.18. The number of hydrogen-bond acceptors (Lipinski definition) is 2. The Bertz CT molecular complexity index is 315. The van der Waals surface area contributed by atoms with Gasteiger partial charge in [-0.05, 0) is 41.3 Å². The highest BCUT2D eigenvalue weighted by atomic mass is 127. The Morgan fingerprint density at radius 2 is 2.14 bits per heavy atom. The summed E-state index contributed by atoms with van der Waals surface area (Å²) in [5.74, 6) is -0.00374. The van der Waals surface area contributed by atoms with Crippen LogP contribution in [-0.2, 0) is 4.79 Å². The SMILES string of the molecule is CCNCC(=O)Nc1ccccc1I. The molecule has 0 unspecified atom stereocenters. The van der Waals surface area contributed by atoms with E-state index in [1.54, 1.807) is 0 Å². The van der Waals surface area contributed by atoms with Crippen LogP contribution in [0.2, 0.25) is 0 Å². The number of hydrogen-bond donors (Lipinski definition) is 2. The molecule has 0 aliphatic heterocycles. The second-order valence-corrected chi connectivity index (χ2v) is 3.97. The number of anilines is 1. The van der Waals surface area contributed by atoms with E-state index in [1.807, 2.05) is 31.2 Å². The lowest BCUT2D eigenvalue weighted by atomic mass is 10.3. The van der Waals surface area contributed by atoms with E-state index in [2.05, 4.69) is 33.2 Å². The van der Waals surface area contributed by atoms with Crippen molar-refractivity contribution in [1.82, 2.24) is 5.32 Å². The predicted molar refractivity (Wildman–Crippen MR) is 66.3 cm³/mol. The van der Waals surface area contributed by atoms with E-state index >= 15 is 0 Å². The predicted octanol–water partition coefficient (Wildman–Crippen LogP) is 1.84. The Hall–Kier alpha value is -0.620. The van der Waals surface area contributed by atoms with Crippen molar-refractivity contribution in [3.8, 4) is 0 Å². The molecule has 76 valence electrons. The van der Waals surface area contributed by atoms with Gasteiger partial charge in [0.1, 0.15) is 0 Å². The smallest absolute Gasteiger partial charge is 0.238 e. The minimum atomic E-state index is -0.00374. The van der Waals surface area contributed by atoms with Crippen molar-refractivity contribution in [3.63, 3.8) is 0 Å². The van der Waals surface area contributed by atoms with Gasteiger partial charge in [0.15, 0.2) is 0 Å². The van der Waals surface area contributed by atoms with Crippen molar-refractivity contribution in [1.29, 1.82) is 0 Å². The van der Waals surface area contributed by atoms with Gasteiger partial charge in [0.05, 0.1) is 12.2 Å². The Morgan fingerprint density at radius 1 is 1.43 bits per heavy atom. The van der Waals surface area contributed by atoms with Gasteiger partial charge in [-0.15, -0.1) is 0 Å². The summed E-state index contributed by atoms with van der Waals surface area (Å²) in [6.45, 7) is 3.14. The lowest BCUT2D eigenvalue weighted by Gasteiger charge is -2.06. The molecule has 0 spiro atoms. The van der Waals surface area contributed by atoms with Crippen molar-refractivity contribution in [2.75, 3.05) is 18.4 Å². The molecule has 1 amide bonds. The summed E-state index contributed by atoms with van der Waals surface area (Å²) < 4.78 is 1.05. The molecule has 3 nitrogen and oxygen atoms in total. The van der Waals surface area contributed by atoms with E-state index in [9.17, 15) is 4.79 Å². The number of halogens is 1. The Labute approximate surface area is 97.4 Å². The summed E-state index contributed by atoms with van der Waals surface area (Å²) in [5, 5.41) is 5.81. The quantitative estimate of drug-likeness (QED) is 0.834. The lowest BCUT2D eigenvalue weighted by Crippen LogP contribution is -2.27. The summed E-state index contributed by atoms with van der Waals surface area (Å²) in [5.41, 5.74) is 0.871. The minimum Gasteiger partial charge on any atom is -0.324 e. The summed E-state index contributed by atoms with van der Waals surface area (Å²) in [6.07, 6.45) is 0. The zero-order chi connectivity index (χ0) is 10.4. The Morgan fingerprint density at radius 3 is 2.79 bits per heavy atom. The molecule has 0 bridgehead atoms. The second kappa shape index (κ2) is 5.98. The molecule has 0 saturated carbocycles. The highest BCUT2D eigenvalue weighted by molar-refractivity contribution is 14.1. The highest BCUT2D eigenvalue weighted by Crippen LogP contribution is 2.16. The first kappa shape index (κ1) is 11.5. The van der Waals surface area contributed by atoms with E-state index < -0.39 is 0 Å². The number of amides is 1. The zero-order valence-corrected chi connectivity index (χ0v) is 10.2. The van der Waals surface area contributed by atoms with Gasteiger partial charge in [-0.1, -0.05) is 19.1 Å². The molecule has 0 aliphatic carbocycles. The molecule has 4 heteroatoms. The van der Waals surface area contributed by atoms with E-state index in [0.717, 1.165) is 15.8 Å². The van der Waals surface area contributed by atoms with E-state index in [1.165, 1.54) is 0 Å². The number of para-hydroxylation sites is 1. The Kier molecular flexibility index (Phi) is 4.89. The normalized spacial score (nSPS) is 9.86. The number of carbonyl (C=O) groups excluding carboxylic acids is 1. The maximum absolute atomic E-state index is 11.3. The first-order valence-corrected chi connectivity index (χ1v) is 5.57. The van der Waals surface area contributed by atoms with Crippen LogP contribution in [0.3, 0.4) is 0 Å². The van der Waals surface area contributed by atoms with Crippen molar-refractivity contribution < 1.29 is 4.79 Å². The molecule has 1 aromatic carbocycles. The molecule has 1 aromatic rings. The average molecular weight is 304 g/mol. The highest BCUT2D eigenvalue weighted by Gasteiger charge is 2.02. The van der Waals surface area contributed by atoms with Gasteiger partial charge in [-0.25, -0.2) is 0 Å². The van der Waals surface area contributed by atoms with Gasteiger partial charge in [0, 0.05) is 3.57 Å². The zero-order valence-electron chi connectivity index (χ0n) is 8.01. The fourth-order valence-corrected chi connectivity index (χ4v) is 1.52. The standard InChI is InChI=1S/C10H13IN2O/c1-2-12-7-10(14)13-9-6-4-3-5-8(9)11/h3-6,12H,2,7H2,1H3,(H,13,14). The third kappa shape index (κ3) is 3.63. The van der Waals surface area contributed by atoms with Crippen LogP contribution in [0.1, 0.15) is 6.92 Å². The first-order valence-electron chi connectivity index (χ1n) is 4.49. The summed E-state index contributed by atoms with van der Waals surface area (Å²) >= 11 is 2.20. The van der Waals surface area contributed by atoms with E-state index in [0.29, 0.717) is 6.54 Å². The number of rotatable bonds is 4. The molecule has 0 atom stereocenters. The van der Waals surface area contributed by atoms with Gasteiger partial charge < -0.3 is 10.6 Å². The fourth-order valence-electron chi connectivity index (χ4n) is 0.996. The molecule has 0 aromatic heterocycles. The minimum absolute atomic E-state index is 0.00374. The van der Waals surface area contributed by atoms with Crippen molar-refractivity contribution in [2.24, 2.45) is 0 Å². The molecule has 0 aliphatic rings. The molecule has 0 heterocycles. The molecule has 0 saturated heterocycles.